The molecule has 0 aliphatic rings. The maximum Gasteiger partial charge on any atom is 0.336 e. The van der Waals surface area contributed by atoms with Gasteiger partial charge in [0, 0.05) is 16.3 Å². The Morgan fingerprint density at radius 2 is 1.29 bits per heavy atom. The molecule has 0 bridgehead atoms. The fourth-order valence-electron chi connectivity index (χ4n) is 3.65. The van der Waals surface area contributed by atoms with Crippen molar-refractivity contribution in [3.05, 3.63) is 125 Å². The molecule has 0 aromatic heterocycles. The van der Waals surface area contributed by atoms with Crippen molar-refractivity contribution in [3.8, 4) is 0 Å². The molecule has 0 spiro atoms. The number of anilines is 2. The lowest BCUT2D eigenvalue weighted by molar-refractivity contribution is -0.115. The van der Waals surface area contributed by atoms with Crippen molar-refractivity contribution >= 4 is 46.9 Å². The molecule has 0 aliphatic heterocycles. The van der Waals surface area contributed by atoms with E-state index in [1.54, 1.807) is 36.4 Å². The van der Waals surface area contributed by atoms with Crippen LogP contribution in [0.25, 0.3) is 0 Å². The molecule has 4 N–H and O–H groups in total. The monoisotopic (exact) mass is 526 g/mol. The van der Waals surface area contributed by atoms with Crippen LogP contribution >= 0.6 is 11.8 Å². The summed E-state index contributed by atoms with van der Waals surface area (Å²) in [5.74, 6) is -3.13. The van der Waals surface area contributed by atoms with Gasteiger partial charge in [0.25, 0.3) is 5.91 Å². The fourth-order valence-corrected chi connectivity index (χ4v) is 4.74. The minimum absolute atomic E-state index is 0.0357. The zero-order valence-corrected chi connectivity index (χ0v) is 20.6. The van der Waals surface area contributed by atoms with E-state index >= 15 is 0 Å². The Balaban J connectivity index is 1.54. The van der Waals surface area contributed by atoms with Crippen LogP contribution in [-0.2, 0) is 4.79 Å². The van der Waals surface area contributed by atoms with Gasteiger partial charge >= 0.3 is 11.9 Å². The molecule has 0 saturated heterocycles. The zero-order valence-electron chi connectivity index (χ0n) is 19.8. The summed E-state index contributed by atoms with van der Waals surface area (Å²) < 4.78 is 0. The average molecular weight is 527 g/mol. The number of aromatic carboxylic acids is 2. The number of carboxylic acids is 2. The van der Waals surface area contributed by atoms with Gasteiger partial charge in [0.2, 0.25) is 5.91 Å². The second-order valence-electron chi connectivity index (χ2n) is 8.11. The van der Waals surface area contributed by atoms with Crippen molar-refractivity contribution in [2.75, 3.05) is 10.6 Å². The van der Waals surface area contributed by atoms with E-state index in [4.69, 9.17) is 5.11 Å². The van der Waals surface area contributed by atoms with Gasteiger partial charge in [-0.05, 0) is 60.2 Å². The first-order valence-corrected chi connectivity index (χ1v) is 12.3. The largest absolute Gasteiger partial charge is 0.478 e. The number of hydrogen-bond donors (Lipinski definition) is 4. The van der Waals surface area contributed by atoms with Gasteiger partial charge in [-0.25, -0.2) is 9.59 Å². The van der Waals surface area contributed by atoms with E-state index in [1.807, 2.05) is 30.3 Å². The lowest BCUT2D eigenvalue weighted by Gasteiger charge is -2.18. The van der Waals surface area contributed by atoms with Crippen LogP contribution in [0.2, 0.25) is 0 Å². The number of benzene rings is 4. The Kier molecular flexibility index (Phi) is 8.20. The molecule has 0 fully saturated rings. The van der Waals surface area contributed by atoms with E-state index < -0.39 is 23.1 Å². The Morgan fingerprint density at radius 3 is 1.95 bits per heavy atom. The molecule has 9 heteroatoms. The molecule has 8 nitrogen and oxygen atoms in total. The summed E-state index contributed by atoms with van der Waals surface area (Å²) in [5, 5.41) is 23.4. The molecule has 1 unspecified atom stereocenters. The van der Waals surface area contributed by atoms with Gasteiger partial charge in [-0.1, -0.05) is 48.5 Å². The molecular formula is C29H22N2O6S. The van der Waals surface area contributed by atoms with Crippen molar-refractivity contribution in [2.45, 2.75) is 10.1 Å². The van der Waals surface area contributed by atoms with Crippen LogP contribution in [0.4, 0.5) is 11.4 Å². The van der Waals surface area contributed by atoms with Gasteiger partial charge in [0.1, 0.15) is 5.25 Å². The highest BCUT2D eigenvalue weighted by Crippen LogP contribution is 2.37. The molecule has 38 heavy (non-hydrogen) atoms. The normalized spacial score (nSPS) is 11.3. The Bertz CT molecular complexity index is 1490. The summed E-state index contributed by atoms with van der Waals surface area (Å²) >= 11 is 1.27. The number of thioether (sulfide) groups is 1. The van der Waals surface area contributed by atoms with Crippen LogP contribution in [0.5, 0.6) is 0 Å². The van der Waals surface area contributed by atoms with Crippen molar-refractivity contribution in [1.82, 2.24) is 0 Å². The number of carboxylic acid groups (broad SMARTS) is 2. The third-order valence-electron chi connectivity index (χ3n) is 5.49. The summed E-state index contributed by atoms with van der Waals surface area (Å²) in [6, 6.07) is 27.9. The minimum Gasteiger partial charge on any atom is -0.478 e. The van der Waals surface area contributed by atoms with Crippen LogP contribution in [-0.4, -0.2) is 34.0 Å². The molecule has 190 valence electrons. The third-order valence-corrected chi connectivity index (χ3v) is 6.74. The van der Waals surface area contributed by atoms with Gasteiger partial charge in [-0.15, -0.1) is 11.8 Å². The third kappa shape index (κ3) is 6.45. The smallest absolute Gasteiger partial charge is 0.336 e. The van der Waals surface area contributed by atoms with E-state index in [9.17, 15) is 24.3 Å². The fraction of sp³-hybridized carbons (Fsp3) is 0.0345. The molecule has 4 rings (SSSR count). The van der Waals surface area contributed by atoms with Crippen molar-refractivity contribution in [3.63, 3.8) is 0 Å². The quantitative estimate of drug-likeness (QED) is 0.202. The Labute approximate surface area is 222 Å². The molecule has 0 aliphatic carbocycles. The second-order valence-corrected chi connectivity index (χ2v) is 9.29. The first-order chi connectivity index (χ1) is 18.3. The molecule has 4 aromatic carbocycles. The molecule has 0 heterocycles. The summed E-state index contributed by atoms with van der Waals surface area (Å²) in [6.07, 6.45) is 0. The topological polar surface area (TPSA) is 133 Å². The highest BCUT2D eigenvalue weighted by Gasteiger charge is 2.23. The van der Waals surface area contributed by atoms with Crippen molar-refractivity contribution in [1.29, 1.82) is 0 Å². The van der Waals surface area contributed by atoms with E-state index in [1.165, 1.54) is 48.2 Å². The lowest BCUT2D eigenvalue weighted by Crippen LogP contribution is -2.19. The minimum atomic E-state index is -1.20. The molecule has 2 amide bonds. The predicted molar refractivity (Wildman–Crippen MR) is 145 cm³/mol. The van der Waals surface area contributed by atoms with Gasteiger partial charge in [0.15, 0.2) is 0 Å². The van der Waals surface area contributed by atoms with Crippen LogP contribution in [0.3, 0.4) is 0 Å². The van der Waals surface area contributed by atoms with Gasteiger partial charge in [-0.3, -0.25) is 9.59 Å². The number of rotatable bonds is 9. The molecule has 0 saturated carbocycles. The second kappa shape index (κ2) is 11.9. The molecule has 0 radical (unpaired) electrons. The SMILES string of the molecule is O=C(O)c1ccc(NC(=O)C(Sc2cccc(NC(=O)c3ccccc3C(=O)O)c2)c2ccccc2)cc1. The average Bonchev–Trinajstić information content (AvgIpc) is 2.92. The maximum atomic E-state index is 13.3. The Hall–Kier alpha value is -4.89. The predicted octanol–water partition coefficient (Wildman–Crippen LogP) is 5.81. The van der Waals surface area contributed by atoms with Crippen LogP contribution < -0.4 is 10.6 Å². The van der Waals surface area contributed by atoms with E-state index in [-0.39, 0.29) is 22.6 Å². The van der Waals surface area contributed by atoms with E-state index in [0.29, 0.717) is 16.3 Å². The zero-order chi connectivity index (χ0) is 27.1. The summed E-state index contributed by atoms with van der Waals surface area (Å²) in [7, 11) is 0. The first kappa shape index (κ1) is 26.2. The number of carbonyl (C=O) groups is 4. The van der Waals surface area contributed by atoms with Crippen LogP contribution in [0, 0.1) is 0 Å². The maximum absolute atomic E-state index is 13.3. The molecular weight excluding hydrogens is 504 g/mol. The van der Waals surface area contributed by atoms with Crippen molar-refractivity contribution in [2.24, 2.45) is 0 Å². The highest BCUT2D eigenvalue weighted by atomic mass is 32.2. The van der Waals surface area contributed by atoms with Gasteiger partial charge < -0.3 is 20.8 Å². The molecule has 4 aromatic rings. The first-order valence-electron chi connectivity index (χ1n) is 11.4. The summed E-state index contributed by atoms with van der Waals surface area (Å²) in [5.41, 5.74) is 1.70. The number of nitrogens with one attached hydrogen (secondary N) is 2. The van der Waals surface area contributed by atoms with Gasteiger partial charge in [0.05, 0.1) is 16.7 Å². The van der Waals surface area contributed by atoms with E-state index in [2.05, 4.69) is 10.6 Å². The summed E-state index contributed by atoms with van der Waals surface area (Å²) in [6.45, 7) is 0. The van der Waals surface area contributed by atoms with Crippen LogP contribution in [0.1, 0.15) is 41.9 Å². The number of carbonyl (C=O) groups excluding carboxylic acids is 2. The molecule has 1 atom stereocenters. The standard InChI is InChI=1S/C29H22N2O6S/c32-26(23-11-4-5-12-24(23)29(36)37)31-21-9-6-10-22(17-21)38-25(18-7-2-1-3-8-18)27(33)30-20-15-13-19(14-16-20)28(34)35/h1-17,25H,(H,30,33)(H,31,32)(H,34,35)(H,36,37). The number of hydrogen-bond acceptors (Lipinski definition) is 5. The van der Waals surface area contributed by atoms with Gasteiger partial charge in [-0.2, -0.15) is 0 Å². The summed E-state index contributed by atoms with van der Waals surface area (Å²) in [4.78, 5) is 49.4. The highest BCUT2D eigenvalue weighted by molar-refractivity contribution is 8.00. The van der Waals surface area contributed by atoms with Crippen molar-refractivity contribution < 1.29 is 29.4 Å². The number of amides is 2. The lowest BCUT2D eigenvalue weighted by atomic mass is 10.1. The van der Waals surface area contributed by atoms with E-state index in [0.717, 1.165) is 5.56 Å². The van der Waals surface area contributed by atoms with Crippen LogP contribution in [0.15, 0.2) is 108 Å². The Morgan fingerprint density at radius 1 is 0.632 bits per heavy atom.